The first-order chi connectivity index (χ1) is 7.72. The van der Waals surface area contributed by atoms with E-state index in [0.717, 1.165) is 25.2 Å². The van der Waals surface area contributed by atoms with E-state index in [-0.39, 0.29) is 11.9 Å². The number of carbonyl (C=O) groups excluding carboxylic acids is 1. The molecule has 86 valence electrons. The molecule has 1 amide bonds. The fourth-order valence-electron chi connectivity index (χ4n) is 2.10. The molecule has 1 aromatic carbocycles. The summed E-state index contributed by atoms with van der Waals surface area (Å²) in [5.41, 5.74) is 2.23. The van der Waals surface area contributed by atoms with Crippen LogP contribution < -0.4 is 10.2 Å². The summed E-state index contributed by atoms with van der Waals surface area (Å²) in [6.45, 7) is 5.75. The van der Waals surface area contributed by atoms with E-state index in [1.165, 1.54) is 5.56 Å². The normalized spacial score (nSPS) is 20.5. The zero-order chi connectivity index (χ0) is 11.5. The average molecular weight is 218 g/mol. The number of carbonyl (C=O) groups is 1. The number of likely N-dealkylation sites (N-methyl/N-ethyl adjacent to an activating group) is 1. The molecule has 2 rings (SSSR count). The van der Waals surface area contributed by atoms with E-state index < -0.39 is 0 Å². The summed E-state index contributed by atoms with van der Waals surface area (Å²) < 4.78 is 0. The van der Waals surface area contributed by atoms with E-state index in [1.807, 2.05) is 36.1 Å². The van der Waals surface area contributed by atoms with Crippen LogP contribution in [0.15, 0.2) is 24.3 Å². The minimum atomic E-state index is 0.00584. The van der Waals surface area contributed by atoms with E-state index in [9.17, 15) is 4.79 Å². The molecule has 1 N–H and O–H groups in total. The van der Waals surface area contributed by atoms with Crippen molar-refractivity contribution < 1.29 is 4.79 Å². The summed E-state index contributed by atoms with van der Waals surface area (Å²) in [5, 5.41) is 3.21. The van der Waals surface area contributed by atoms with Gasteiger partial charge in [0, 0.05) is 12.2 Å². The van der Waals surface area contributed by atoms with Gasteiger partial charge in [-0.05, 0) is 32.0 Å². The van der Waals surface area contributed by atoms with Crippen LogP contribution in [0.4, 0.5) is 5.69 Å². The van der Waals surface area contributed by atoms with Gasteiger partial charge >= 0.3 is 0 Å². The Morgan fingerprint density at radius 2 is 2.06 bits per heavy atom. The van der Waals surface area contributed by atoms with Gasteiger partial charge in [-0.25, -0.2) is 0 Å². The van der Waals surface area contributed by atoms with Crippen molar-refractivity contribution in [3.63, 3.8) is 0 Å². The maximum atomic E-state index is 12.0. The first-order valence-corrected chi connectivity index (χ1v) is 5.84. The van der Waals surface area contributed by atoms with Gasteiger partial charge in [0.1, 0.15) is 0 Å². The van der Waals surface area contributed by atoms with Crippen molar-refractivity contribution >= 4 is 11.6 Å². The number of rotatable bonds is 3. The molecular weight excluding hydrogens is 200 g/mol. The molecule has 1 fully saturated rings. The van der Waals surface area contributed by atoms with Gasteiger partial charge in [-0.15, -0.1) is 0 Å². The Morgan fingerprint density at radius 3 is 2.69 bits per heavy atom. The standard InChI is InChI=1S/C13H18N2O/c1-3-14-12-8-9-15(13(12)16)11-6-4-10(2)5-7-11/h4-7,12,14H,3,8-9H2,1-2H3. The van der Waals surface area contributed by atoms with E-state index in [1.54, 1.807) is 0 Å². The summed E-state index contributed by atoms with van der Waals surface area (Å²) in [7, 11) is 0. The molecule has 0 aliphatic carbocycles. The van der Waals surface area contributed by atoms with Crippen LogP contribution >= 0.6 is 0 Å². The minimum absolute atomic E-state index is 0.00584. The van der Waals surface area contributed by atoms with Gasteiger partial charge in [0.15, 0.2) is 0 Å². The Hall–Kier alpha value is -1.35. The second kappa shape index (κ2) is 4.66. The molecule has 0 aromatic heterocycles. The Labute approximate surface area is 96.5 Å². The highest BCUT2D eigenvalue weighted by Crippen LogP contribution is 2.21. The number of anilines is 1. The quantitative estimate of drug-likeness (QED) is 0.837. The maximum absolute atomic E-state index is 12.0. The largest absolute Gasteiger partial charge is 0.311 e. The average Bonchev–Trinajstić information content (AvgIpc) is 2.63. The van der Waals surface area contributed by atoms with E-state index >= 15 is 0 Å². The van der Waals surface area contributed by atoms with Crippen molar-refractivity contribution in [2.24, 2.45) is 0 Å². The third-order valence-corrected chi connectivity index (χ3v) is 3.00. The molecule has 16 heavy (non-hydrogen) atoms. The summed E-state index contributed by atoms with van der Waals surface area (Å²) in [6.07, 6.45) is 0.903. The fraction of sp³-hybridized carbons (Fsp3) is 0.462. The number of nitrogens with one attached hydrogen (secondary N) is 1. The van der Waals surface area contributed by atoms with Crippen LogP contribution in [-0.4, -0.2) is 25.0 Å². The second-order valence-corrected chi connectivity index (χ2v) is 4.22. The zero-order valence-electron chi connectivity index (χ0n) is 9.86. The van der Waals surface area contributed by atoms with Gasteiger partial charge in [-0.1, -0.05) is 24.6 Å². The summed E-state index contributed by atoms with van der Waals surface area (Å²) >= 11 is 0. The van der Waals surface area contributed by atoms with E-state index in [2.05, 4.69) is 12.2 Å². The van der Waals surface area contributed by atoms with Gasteiger partial charge in [-0.3, -0.25) is 4.79 Å². The molecule has 1 unspecified atom stereocenters. The number of amides is 1. The lowest BCUT2D eigenvalue weighted by atomic mass is 10.2. The summed E-state index contributed by atoms with van der Waals surface area (Å²) in [4.78, 5) is 13.9. The molecule has 1 aliphatic heterocycles. The Kier molecular flexibility index (Phi) is 3.25. The van der Waals surface area contributed by atoms with Crippen molar-refractivity contribution in [1.29, 1.82) is 0 Å². The van der Waals surface area contributed by atoms with Crippen LogP contribution in [0.1, 0.15) is 18.9 Å². The monoisotopic (exact) mass is 218 g/mol. The molecule has 1 aromatic rings. The highest BCUT2D eigenvalue weighted by atomic mass is 16.2. The molecule has 0 bridgehead atoms. The van der Waals surface area contributed by atoms with Gasteiger partial charge in [0.2, 0.25) is 5.91 Å². The van der Waals surface area contributed by atoms with Crippen molar-refractivity contribution in [1.82, 2.24) is 5.32 Å². The fourth-order valence-corrected chi connectivity index (χ4v) is 2.10. The number of hydrogen-bond acceptors (Lipinski definition) is 2. The molecule has 0 spiro atoms. The molecule has 3 heteroatoms. The zero-order valence-corrected chi connectivity index (χ0v) is 9.86. The van der Waals surface area contributed by atoms with Crippen LogP contribution in [-0.2, 0) is 4.79 Å². The van der Waals surface area contributed by atoms with Gasteiger partial charge in [0.05, 0.1) is 6.04 Å². The molecule has 1 atom stereocenters. The first kappa shape index (κ1) is 11.1. The molecular formula is C13H18N2O. The van der Waals surface area contributed by atoms with Crippen LogP contribution in [0, 0.1) is 6.92 Å². The van der Waals surface area contributed by atoms with Gasteiger partial charge in [-0.2, -0.15) is 0 Å². The molecule has 0 saturated carbocycles. The smallest absolute Gasteiger partial charge is 0.244 e. The Balaban J connectivity index is 2.12. The summed E-state index contributed by atoms with van der Waals surface area (Å²) in [5.74, 6) is 0.200. The van der Waals surface area contributed by atoms with E-state index in [4.69, 9.17) is 0 Å². The lowest BCUT2D eigenvalue weighted by Gasteiger charge is -2.17. The number of hydrogen-bond donors (Lipinski definition) is 1. The maximum Gasteiger partial charge on any atom is 0.244 e. The summed E-state index contributed by atoms with van der Waals surface area (Å²) in [6, 6.07) is 8.13. The number of nitrogens with zero attached hydrogens (tertiary/aromatic N) is 1. The predicted octanol–water partition coefficient (Wildman–Crippen LogP) is 1.71. The first-order valence-electron chi connectivity index (χ1n) is 5.84. The number of benzene rings is 1. The third kappa shape index (κ3) is 2.09. The molecule has 1 saturated heterocycles. The van der Waals surface area contributed by atoms with Crippen molar-refractivity contribution in [2.45, 2.75) is 26.3 Å². The number of aryl methyl sites for hydroxylation is 1. The van der Waals surface area contributed by atoms with Gasteiger partial charge < -0.3 is 10.2 Å². The van der Waals surface area contributed by atoms with E-state index in [0.29, 0.717) is 0 Å². The van der Waals surface area contributed by atoms with Crippen molar-refractivity contribution in [3.8, 4) is 0 Å². The van der Waals surface area contributed by atoms with Crippen LogP contribution in [0.25, 0.3) is 0 Å². The topological polar surface area (TPSA) is 32.3 Å². The molecule has 3 nitrogen and oxygen atoms in total. The highest BCUT2D eigenvalue weighted by Gasteiger charge is 2.31. The predicted molar refractivity (Wildman–Crippen MR) is 65.6 cm³/mol. The Morgan fingerprint density at radius 1 is 1.38 bits per heavy atom. The van der Waals surface area contributed by atoms with Crippen molar-refractivity contribution in [2.75, 3.05) is 18.0 Å². The second-order valence-electron chi connectivity index (χ2n) is 4.22. The molecule has 1 aliphatic rings. The van der Waals surface area contributed by atoms with Crippen LogP contribution in [0.3, 0.4) is 0 Å². The molecule has 1 heterocycles. The lowest BCUT2D eigenvalue weighted by Crippen LogP contribution is -2.38. The lowest BCUT2D eigenvalue weighted by molar-refractivity contribution is -0.118. The molecule has 0 radical (unpaired) electrons. The SMILES string of the molecule is CCNC1CCN(c2ccc(C)cc2)C1=O. The highest BCUT2D eigenvalue weighted by molar-refractivity contribution is 5.99. The Bertz CT molecular complexity index is 372. The van der Waals surface area contributed by atoms with Crippen LogP contribution in [0.5, 0.6) is 0 Å². The third-order valence-electron chi connectivity index (χ3n) is 3.00. The minimum Gasteiger partial charge on any atom is -0.311 e. The van der Waals surface area contributed by atoms with Gasteiger partial charge in [0.25, 0.3) is 0 Å². The van der Waals surface area contributed by atoms with Crippen LogP contribution in [0.2, 0.25) is 0 Å². The van der Waals surface area contributed by atoms with Crippen molar-refractivity contribution in [3.05, 3.63) is 29.8 Å².